The maximum absolute atomic E-state index is 5.96. The zero-order valence-electron chi connectivity index (χ0n) is 12.3. The Morgan fingerprint density at radius 3 is 2.55 bits per heavy atom. The molecule has 0 spiro atoms. The van der Waals surface area contributed by atoms with Crippen molar-refractivity contribution in [2.75, 3.05) is 0 Å². The fourth-order valence-electron chi connectivity index (χ4n) is 2.21. The van der Waals surface area contributed by atoms with Gasteiger partial charge in [-0.2, -0.15) is 4.98 Å². The fraction of sp³-hybridized carbons (Fsp3) is 0.176. The number of aryl methyl sites for hydroxylation is 2. The van der Waals surface area contributed by atoms with E-state index in [1.165, 1.54) is 0 Å². The Balaban J connectivity index is 1.75. The fourth-order valence-corrected chi connectivity index (χ4v) is 2.41. The molecule has 0 N–H and O–H groups in total. The normalized spacial score (nSPS) is 10.7. The third kappa shape index (κ3) is 3.12. The van der Waals surface area contributed by atoms with Gasteiger partial charge >= 0.3 is 0 Å². The van der Waals surface area contributed by atoms with Crippen LogP contribution in [0.3, 0.4) is 0 Å². The number of hydrogen-bond donors (Lipinski definition) is 0. The number of para-hydroxylation sites is 1. The number of halogens is 1. The van der Waals surface area contributed by atoms with Gasteiger partial charge in [-0.15, -0.1) is 0 Å². The van der Waals surface area contributed by atoms with E-state index in [2.05, 4.69) is 10.1 Å². The third-order valence-electron chi connectivity index (χ3n) is 3.29. The van der Waals surface area contributed by atoms with E-state index < -0.39 is 0 Å². The van der Waals surface area contributed by atoms with Crippen LogP contribution in [0.5, 0.6) is 5.75 Å². The first kappa shape index (κ1) is 14.6. The summed E-state index contributed by atoms with van der Waals surface area (Å²) in [7, 11) is 0. The van der Waals surface area contributed by atoms with Crippen LogP contribution >= 0.6 is 11.6 Å². The second kappa shape index (κ2) is 6.20. The van der Waals surface area contributed by atoms with E-state index in [9.17, 15) is 0 Å². The summed E-state index contributed by atoms with van der Waals surface area (Å²) < 4.78 is 11.1. The van der Waals surface area contributed by atoms with E-state index in [0.717, 1.165) is 22.4 Å². The number of benzene rings is 2. The molecule has 112 valence electrons. The molecule has 1 aromatic heterocycles. The molecular formula is C17H15ClN2O2. The van der Waals surface area contributed by atoms with Gasteiger partial charge < -0.3 is 9.26 Å². The molecule has 0 radical (unpaired) electrons. The molecule has 0 aliphatic heterocycles. The zero-order valence-corrected chi connectivity index (χ0v) is 13.1. The van der Waals surface area contributed by atoms with Crippen LogP contribution in [0.15, 0.2) is 47.0 Å². The quantitative estimate of drug-likeness (QED) is 0.707. The Morgan fingerprint density at radius 1 is 1.09 bits per heavy atom. The van der Waals surface area contributed by atoms with E-state index in [4.69, 9.17) is 20.9 Å². The van der Waals surface area contributed by atoms with E-state index in [1.807, 2.05) is 44.2 Å². The lowest BCUT2D eigenvalue weighted by Gasteiger charge is -2.09. The van der Waals surface area contributed by atoms with Crippen LogP contribution in [0, 0.1) is 13.8 Å². The molecule has 3 aromatic rings. The van der Waals surface area contributed by atoms with Crippen molar-refractivity contribution in [3.8, 4) is 17.2 Å². The highest BCUT2D eigenvalue weighted by molar-refractivity contribution is 6.30. The summed E-state index contributed by atoms with van der Waals surface area (Å²) >= 11 is 5.96. The lowest BCUT2D eigenvalue weighted by molar-refractivity contribution is 0.283. The predicted octanol–water partition coefficient (Wildman–Crippen LogP) is 4.59. The molecule has 0 unspecified atom stereocenters. The molecule has 4 nitrogen and oxygen atoms in total. The van der Waals surface area contributed by atoms with Gasteiger partial charge in [-0.25, -0.2) is 0 Å². The van der Waals surface area contributed by atoms with Crippen molar-refractivity contribution in [1.29, 1.82) is 0 Å². The van der Waals surface area contributed by atoms with Crippen molar-refractivity contribution >= 4 is 11.6 Å². The summed E-state index contributed by atoms with van der Waals surface area (Å²) in [6.45, 7) is 4.28. The number of nitrogens with zero attached hydrogens (tertiary/aromatic N) is 2. The Morgan fingerprint density at radius 2 is 1.82 bits per heavy atom. The van der Waals surface area contributed by atoms with Gasteiger partial charge in [0.05, 0.1) is 0 Å². The maximum Gasteiger partial charge on any atom is 0.258 e. The van der Waals surface area contributed by atoms with Crippen LogP contribution in [0.1, 0.15) is 17.0 Å². The van der Waals surface area contributed by atoms with Crippen LogP contribution in [-0.4, -0.2) is 10.1 Å². The minimum absolute atomic E-state index is 0.260. The molecule has 5 heteroatoms. The summed E-state index contributed by atoms with van der Waals surface area (Å²) in [4.78, 5) is 4.33. The first-order chi connectivity index (χ1) is 10.6. The summed E-state index contributed by atoms with van der Waals surface area (Å²) in [6, 6.07) is 13.3. The zero-order chi connectivity index (χ0) is 15.5. The summed E-state index contributed by atoms with van der Waals surface area (Å²) in [5, 5.41) is 4.57. The van der Waals surface area contributed by atoms with E-state index >= 15 is 0 Å². The van der Waals surface area contributed by atoms with Crippen molar-refractivity contribution in [2.45, 2.75) is 20.5 Å². The molecule has 0 saturated carbocycles. The molecule has 1 heterocycles. The van der Waals surface area contributed by atoms with Gasteiger partial charge in [-0.05, 0) is 43.2 Å². The summed E-state index contributed by atoms with van der Waals surface area (Å²) in [5.41, 5.74) is 2.95. The SMILES string of the molecule is Cc1cccc(C)c1OCc1noc(-c2cccc(Cl)c2)n1. The number of rotatable bonds is 4. The van der Waals surface area contributed by atoms with Crippen molar-refractivity contribution < 1.29 is 9.26 Å². The van der Waals surface area contributed by atoms with E-state index in [-0.39, 0.29) is 6.61 Å². The Kier molecular flexibility index (Phi) is 4.11. The standard InChI is InChI=1S/C17H15ClN2O2/c1-11-5-3-6-12(2)16(11)21-10-15-19-17(22-20-15)13-7-4-8-14(18)9-13/h3-9H,10H2,1-2H3. The van der Waals surface area contributed by atoms with Crippen molar-refractivity contribution in [2.24, 2.45) is 0 Å². The van der Waals surface area contributed by atoms with Gasteiger partial charge in [0.25, 0.3) is 5.89 Å². The maximum atomic E-state index is 5.96. The predicted molar refractivity (Wildman–Crippen MR) is 85.0 cm³/mol. The number of hydrogen-bond acceptors (Lipinski definition) is 4. The Bertz CT molecular complexity index is 779. The molecule has 22 heavy (non-hydrogen) atoms. The topological polar surface area (TPSA) is 48.2 Å². The lowest BCUT2D eigenvalue weighted by Crippen LogP contribution is -2.00. The highest BCUT2D eigenvalue weighted by Gasteiger charge is 2.11. The minimum atomic E-state index is 0.260. The molecule has 0 fully saturated rings. The second-order valence-electron chi connectivity index (χ2n) is 5.04. The monoisotopic (exact) mass is 314 g/mol. The Hall–Kier alpha value is -2.33. The van der Waals surface area contributed by atoms with Crippen LogP contribution in [0.2, 0.25) is 5.02 Å². The largest absolute Gasteiger partial charge is 0.485 e. The second-order valence-corrected chi connectivity index (χ2v) is 5.47. The lowest BCUT2D eigenvalue weighted by atomic mass is 10.1. The average Bonchev–Trinajstić information content (AvgIpc) is 2.96. The van der Waals surface area contributed by atoms with E-state index in [0.29, 0.717) is 16.7 Å². The third-order valence-corrected chi connectivity index (χ3v) is 3.53. The molecular weight excluding hydrogens is 300 g/mol. The summed E-state index contributed by atoms with van der Waals surface area (Å²) in [6.07, 6.45) is 0. The van der Waals surface area contributed by atoms with Gasteiger partial charge in [0.2, 0.25) is 5.82 Å². The molecule has 0 amide bonds. The van der Waals surface area contributed by atoms with Gasteiger partial charge in [0, 0.05) is 10.6 Å². The van der Waals surface area contributed by atoms with Crippen LogP contribution in [0.25, 0.3) is 11.5 Å². The number of aromatic nitrogens is 2. The first-order valence-electron chi connectivity index (χ1n) is 6.91. The molecule has 0 saturated heterocycles. The van der Waals surface area contributed by atoms with Crippen LogP contribution in [-0.2, 0) is 6.61 Å². The number of ether oxygens (including phenoxy) is 1. The summed E-state index contributed by atoms with van der Waals surface area (Å²) in [5.74, 6) is 1.79. The van der Waals surface area contributed by atoms with Gasteiger partial charge in [0.1, 0.15) is 5.75 Å². The Labute approximate surface area is 133 Å². The first-order valence-corrected chi connectivity index (χ1v) is 7.29. The molecule has 0 atom stereocenters. The highest BCUT2D eigenvalue weighted by atomic mass is 35.5. The molecule has 0 bridgehead atoms. The van der Waals surface area contributed by atoms with Crippen molar-refractivity contribution in [3.05, 3.63) is 64.4 Å². The van der Waals surface area contributed by atoms with Gasteiger partial charge in [0.15, 0.2) is 6.61 Å². The van der Waals surface area contributed by atoms with Crippen LogP contribution < -0.4 is 4.74 Å². The van der Waals surface area contributed by atoms with Crippen molar-refractivity contribution in [1.82, 2.24) is 10.1 Å². The van der Waals surface area contributed by atoms with Crippen molar-refractivity contribution in [3.63, 3.8) is 0 Å². The van der Waals surface area contributed by atoms with Gasteiger partial charge in [-0.1, -0.05) is 41.0 Å². The molecule has 0 aliphatic carbocycles. The van der Waals surface area contributed by atoms with Gasteiger partial charge in [-0.3, -0.25) is 0 Å². The molecule has 0 aliphatic rings. The molecule has 2 aromatic carbocycles. The average molecular weight is 315 g/mol. The van der Waals surface area contributed by atoms with E-state index in [1.54, 1.807) is 12.1 Å². The van der Waals surface area contributed by atoms with Crippen LogP contribution in [0.4, 0.5) is 0 Å². The molecule has 3 rings (SSSR count). The minimum Gasteiger partial charge on any atom is -0.485 e. The highest BCUT2D eigenvalue weighted by Crippen LogP contribution is 2.24. The smallest absolute Gasteiger partial charge is 0.258 e.